The van der Waals surface area contributed by atoms with Crippen molar-refractivity contribution in [1.82, 2.24) is 9.97 Å². The molecule has 0 aliphatic carbocycles. The Morgan fingerprint density at radius 3 is 2.67 bits per heavy atom. The second-order valence-electron chi connectivity index (χ2n) is 5.83. The molecular weight excluding hydrogens is 426 g/mol. The number of nitrogens with zero attached hydrogens (tertiary/aromatic N) is 2. The summed E-state index contributed by atoms with van der Waals surface area (Å²) in [4.78, 5) is 20.9. The van der Waals surface area contributed by atoms with Gasteiger partial charge in [0.05, 0.1) is 5.75 Å². The van der Waals surface area contributed by atoms with E-state index in [9.17, 15) is 4.79 Å². The Bertz CT molecular complexity index is 965. The smallest absolute Gasteiger partial charge is 0.252 e. The molecule has 1 N–H and O–H groups in total. The van der Waals surface area contributed by atoms with E-state index in [1.54, 1.807) is 12.4 Å². The molecule has 5 nitrogen and oxygen atoms in total. The van der Waals surface area contributed by atoms with Crippen LogP contribution in [0.2, 0.25) is 0 Å². The Morgan fingerprint density at radius 2 is 1.89 bits per heavy atom. The second-order valence-corrected chi connectivity index (χ2v) is 7.71. The Labute approximate surface area is 170 Å². The number of para-hydroxylation sites is 1. The van der Waals surface area contributed by atoms with E-state index in [0.29, 0.717) is 10.9 Å². The number of anilines is 1. The average Bonchev–Trinajstić information content (AvgIpc) is 2.65. The number of ether oxygens (including phenoxy) is 1. The number of aryl methyl sites for hydroxylation is 2. The van der Waals surface area contributed by atoms with Gasteiger partial charge < -0.3 is 10.1 Å². The highest BCUT2D eigenvalue weighted by Crippen LogP contribution is 2.30. The highest BCUT2D eigenvalue weighted by atomic mass is 79.9. The predicted molar refractivity (Wildman–Crippen MR) is 112 cm³/mol. The van der Waals surface area contributed by atoms with E-state index in [4.69, 9.17) is 4.74 Å². The largest absolute Gasteiger partial charge is 0.436 e. The Hall–Kier alpha value is -2.38. The fourth-order valence-corrected chi connectivity index (χ4v) is 3.51. The van der Waals surface area contributed by atoms with E-state index in [0.717, 1.165) is 27.0 Å². The number of amides is 1. The van der Waals surface area contributed by atoms with Gasteiger partial charge in [-0.25, -0.2) is 9.97 Å². The van der Waals surface area contributed by atoms with Crippen LogP contribution in [0.3, 0.4) is 0 Å². The monoisotopic (exact) mass is 443 g/mol. The van der Waals surface area contributed by atoms with Crippen LogP contribution >= 0.6 is 27.7 Å². The third kappa shape index (κ3) is 5.30. The van der Waals surface area contributed by atoms with Crippen molar-refractivity contribution in [1.29, 1.82) is 0 Å². The molecule has 0 atom stereocenters. The minimum Gasteiger partial charge on any atom is -0.436 e. The van der Waals surface area contributed by atoms with Crippen molar-refractivity contribution in [3.63, 3.8) is 0 Å². The fourth-order valence-electron chi connectivity index (χ4n) is 2.34. The lowest BCUT2D eigenvalue weighted by Crippen LogP contribution is -2.15. The van der Waals surface area contributed by atoms with Crippen LogP contribution in [0, 0.1) is 13.8 Å². The van der Waals surface area contributed by atoms with Crippen LogP contribution in [0.1, 0.15) is 11.1 Å². The molecule has 7 heteroatoms. The molecule has 1 heterocycles. The van der Waals surface area contributed by atoms with Gasteiger partial charge in [-0.3, -0.25) is 4.79 Å². The van der Waals surface area contributed by atoms with Gasteiger partial charge in [-0.2, -0.15) is 0 Å². The van der Waals surface area contributed by atoms with Gasteiger partial charge in [-0.1, -0.05) is 45.9 Å². The molecule has 1 amide bonds. The van der Waals surface area contributed by atoms with E-state index in [-0.39, 0.29) is 11.7 Å². The van der Waals surface area contributed by atoms with Gasteiger partial charge in [-0.15, -0.1) is 0 Å². The maximum absolute atomic E-state index is 12.3. The molecule has 0 spiro atoms. The lowest BCUT2D eigenvalue weighted by atomic mass is 10.2. The number of rotatable bonds is 6. The van der Waals surface area contributed by atoms with Crippen LogP contribution in [-0.4, -0.2) is 21.6 Å². The number of hydrogen-bond donors (Lipinski definition) is 1. The minimum atomic E-state index is -0.113. The molecule has 1 aromatic heterocycles. The van der Waals surface area contributed by atoms with E-state index in [1.807, 2.05) is 56.3 Å². The maximum atomic E-state index is 12.3. The summed E-state index contributed by atoms with van der Waals surface area (Å²) >= 11 is 4.71. The summed E-state index contributed by atoms with van der Waals surface area (Å²) in [6.45, 7) is 3.91. The molecule has 2 aromatic carbocycles. The predicted octanol–water partition coefficient (Wildman–Crippen LogP) is 5.38. The summed E-state index contributed by atoms with van der Waals surface area (Å²) in [7, 11) is 0. The lowest BCUT2D eigenvalue weighted by molar-refractivity contribution is -0.113. The lowest BCUT2D eigenvalue weighted by Gasteiger charge is -2.11. The summed E-state index contributed by atoms with van der Waals surface area (Å²) in [6, 6.07) is 13.4. The molecule has 0 radical (unpaired) electrons. The first-order valence-corrected chi connectivity index (χ1v) is 10.0. The topological polar surface area (TPSA) is 64.1 Å². The van der Waals surface area contributed by atoms with Gasteiger partial charge in [0, 0.05) is 22.6 Å². The first-order valence-electron chi connectivity index (χ1n) is 8.26. The quantitative estimate of drug-likeness (QED) is 0.518. The highest BCUT2D eigenvalue weighted by Gasteiger charge is 2.13. The molecule has 0 bridgehead atoms. The minimum absolute atomic E-state index is 0.113. The summed E-state index contributed by atoms with van der Waals surface area (Å²) < 4.78 is 6.87. The SMILES string of the molecule is Cc1cc(Br)ccc1NC(=O)CSc1nccnc1Oc1ccccc1C. The van der Waals surface area contributed by atoms with E-state index < -0.39 is 0 Å². The van der Waals surface area contributed by atoms with Gasteiger partial charge >= 0.3 is 0 Å². The Kier molecular flexibility index (Phi) is 6.47. The van der Waals surface area contributed by atoms with E-state index >= 15 is 0 Å². The standard InChI is InChI=1S/C20H18BrN3O2S/c1-13-5-3-4-6-17(13)26-19-20(23-10-9-22-19)27-12-18(25)24-16-8-7-15(21)11-14(16)2/h3-11H,12H2,1-2H3,(H,24,25). The molecule has 0 fully saturated rings. The molecule has 138 valence electrons. The molecule has 0 aliphatic heterocycles. The van der Waals surface area contributed by atoms with Gasteiger partial charge in [0.1, 0.15) is 5.75 Å². The summed E-state index contributed by atoms with van der Waals surface area (Å²) in [5, 5.41) is 3.49. The average molecular weight is 444 g/mol. The highest BCUT2D eigenvalue weighted by molar-refractivity contribution is 9.10. The molecule has 3 rings (SSSR count). The molecule has 0 unspecified atom stereocenters. The van der Waals surface area contributed by atoms with Crippen LogP contribution in [0.25, 0.3) is 0 Å². The number of carbonyl (C=O) groups is 1. The molecule has 0 saturated heterocycles. The number of carbonyl (C=O) groups excluding carboxylic acids is 1. The zero-order valence-corrected chi connectivity index (χ0v) is 17.3. The number of nitrogens with one attached hydrogen (secondary N) is 1. The van der Waals surface area contributed by atoms with Gasteiger partial charge in [0.2, 0.25) is 5.91 Å². The number of thioether (sulfide) groups is 1. The molecule has 27 heavy (non-hydrogen) atoms. The van der Waals surface area contributed by atoms with Crippen molar-refractivity contribution in [3.05, 3.63) is 70.5 Å². The van der Waals surface area contributed by atoms with Crippen molar-refractivity contribution >= 4 is 39.3 Å². The number of benzene rings is 2. The van der Waals surface area contributed by atoms with Crippen molar-refractivity contribution < 1.29 is 9.53 Å². The van der Waals surface area contributed by atoms with Crippen LogP contribution < -0.4 is 10.1 Å². The van der Waals surface area contributed by atoms with E-state index in [1.165, 1.54) is 11.8 Å². The van der Waals surface area contributed by atoms with Crippen LogP contribution in [0.5, 0.6) is 11.6 Å². The van der Waals surface area contributed by atoms with Crippen LogP contribution in [0.15, 0.2) is 64.4 Å². The normalized spacial score (nSPS) is 10.5. The Morgan fingerprint density at radius 1 is 1.11 bits per heavy atom. The number of aromatic nitrogens is 2. The molecule has 0 aliphatic rings. The first-order chi connectivity index (χ1) is 13.0. The van der Waals surface area contributed by atoms with Crippen molar-refractivity contribution in [2.75, 3.05) is 11.1 Å². The molecule has 0 saturated carbocycles. The second kappa shape index (κ2) is 9.01. The maximum Gasteiger partial charge on any atom is 0.252 e. The van der Waals surface area contributed by atoms with Gasteiger partial charge in [-0.05, 0) is 49.2 Å². The Balaban J connectivity index is 1.66. The summed E-state index contributed by atoms with van der Waals surface area (Å²) in [5.74, 6) is 1.20. The van der Waals surface area contributed by atoms with Crippen molar-refractivity contribution in [2.24, 2.45) is 0 Å². The third-order valence-corrected chi connectivity index (χ3v) is 5.19. The zero-order chi connectivity index (χ0) is 19.2. The van der Waals surface area contributed by atoms with E-state index in [2.05, 4.69) is 31.2 Å². The van der Waals surface area contributed by atoms with Crippen LogP contribution in [0.4, 0.5) is 5.69 Å². The van der Waals surface area contributed by atoms with Crippen molar-refractivity contribution in [3.8, 4) is 11.6 Å². The number of hydrogen-bond acceptors (Lipinski definition) is 5. The number of halogens is 1. The third-order valence-electron chi connectivity index (χ3n) is 3.74. The summed E-state index contributed by atoms with van der Waals surface area (Å²) in [6.07, 6.45) is 3.16. The fraction of sp³-hybridized carbons (Fsp3) is 0.150. The molecular formula is C20H18BrN3O2S. The van der Waals surface area contributed by atoms with Gasteiger partial charge in [0.25, 0.3) is 5.88 Å². The molecule has 3 aromatic rings. The zero-order valence-electron chi connectivity index (χ0n) is 14.9. The summed E-state index contributed by atoms with van der Waals surface area (Å²) in [5.41, 5.74) is 2.78. The first kappa shape index (κ1) is 19.4. The van der Waals surface area contributed by atoms with Crippen molar-refractivity contribution in [2.45, 2.75) is 18.9 Å². The van der Waals surface area contributed by atoms with Crippen LogP contribution in [-0.2, 0) is 4.79 Å². The van der Waals surface area contributed by atoms with Gasteiger partial charge in [0.15, 0.2) is 5.03 Å².